The number of aliphatic carboxylic acids is 1. The van der Waals surface area contributed by atoms with Crippen LogP contribution in [0, 0.1) is 0 Å². The van der Waals surface area contributed by atoms with Gasteiger partial charge in [0.05, 0.1) is 5.56 Å². The van der Waals surface area contributed by atoms with Crippen LogP contribution in [0.5, 0.6) is 0 Å². The summed E-state index contributed by atoms with van der Waals surface area (Å²) in [5.74, 6) is -1.30. The minimum absolute atomic E-state index is 0.0539. The van der Waals surface area contributed by atoms with Crippen molar-refractivity contribution in [2.24, 2.45) is 0 Å². The third kappa shape index (κ3) is 2.55. The standard InChI is InChI=1S/C12H14N2O3/c13-10-4-2-1-3-9(10)12(17)14(7-11(15)16)8-5-6-8/h1-4,8H,5-7,13H2,(H,15,16). The summed E-state index contributed by atoms with van der Waals surface area (Å²) >= 11 is 0. The van der Waals surface area contributed by atoms with E-state index in [1.165, 1.54) is 4.90 Å². The second kappa shape index (κ2) is 4.45. The number of nitrogens with two attached hydrogens (primary N) is 1. The molecule has 1 aromatic rings. The Hall–Kier alpha value is -2.04. The number of nitrogen functional groups attached to an aromatic ring is 1. The van der Waals surface area contributed by atoms with Crippen LogP contribution >= 0.6 is 0 Å². The summed E-state index contributed by atoms with van der Waals surface area (Å²) in [4.78, 5) is 24.3. The molecule has 2 rings (SSSR count). The van der Waals surface area contributed by atoms with Crippen molar-refractivity contribution in [2.45, 2.75) is 18.9 Å². The lowest BCUT2D eigenvalue weighted by atomic mass is 10.1. The van der Waals surface area contributed by atoms with Crippen molar-refractivity contribution in [3.05, 3.63) is 29.8 Å². The summed E-state index contributed by atoms with van der Waals surface area (Å²) in [6.07, 6.45) is 1.73. The molecule has 1 aliphatic carbocycles. The van der Waals surface area contributed by atoms with E-state index in [4.69, 9.17) is 10.8 Å². The number of rotatable bonds is 4. The molecule has 17 heavy (non-hydrogen) atoms. The molecule has 0 aliphatic heterocycles. The number of anilines is 1. The zero-order chi connectivity index (χ0) is 12.4. The van der Waals surface area contributed by atoms with Crippen LogP contribution in [0.1, 0.15) is 23.2 Å². The van der Waals surface area contributed by atoms with Gasteiger partial charge >= 0.3 is 5.97 Å². The molecule has 0 bridgehead atoms. The minimum atomic E-state index is -1.00. The van der Waals surface area contributed by atoms with E-state index in [-0.39, 0.29) is 18.5 Å². The monoisotopic (exact) mass is 234 g/mol. The summed E-state index contributed by atoms with van der Waals surface area (Å²) < 4.78 is 0. The van der Waals surface area contributed by atoms with E-state index in [1.54, 1.807) is 24.3 Å². The second-order valence-corrected chi connectivity index (χ2v) is 4.15. The molecule has 1 fully saturated rings. The van der Waals surface area contributed by atoms with E-state index in [0.717, 1.165) is 12.8 Å². The molecule has 1 aromatic carbocycles. The van der Waals surface area contributed by atoms with E-state index >= 15 is 0 Å². The Morgan fingerprint density at radius 1 is 1.35 bits per heavy atom. The van der Waals surface area contributed by atoms with Gasteiger partial charge in [0.25, 0.3) is 5.91 Å². The van der Waals surface area contributed by atoms with Gasteiger partial charge in [0.2, 0.25) is 0 Å². The van der Waals surface area contributed by atoms with Gasteiger partial charge in [0.15, 0.2) is 0 Å². The number of nitrogens with zero attached hydrogens (tertiary/aromatic N) is 1. The number of hydrogen-bond donors (Lipinski definition) is 2. The van der Waals surface area contributed by atoms with Crippen LogP contribution in [0.25, 0.3) is 0 Å². The van der Waals surface area contributed by atoms with Gasteiger partial charge in [0, 0.05) is 11.7 Å². The highest BCUT2D eigenvalue weighted by Gasteiger charge is 2.34. The highest BCUT2D eigenvalue weighted by molar-refractivity contribution is 6.00. The molecular formula is C12H14N2O3. The summed E-state index contributed by atoms with van der Waals surface area (Å²) in [7, 11) is 0. The molecule has 0 saturated heterocycles. The Morgan fingerprint density at radius 2 is 2.00 bits per heavy atom. The third-order valence-electron chi connectivity index (χ3n) is 2.75. The molecule has 1 aliphatic rings. The lowest BCUT2D eigenvalue weighted by molar-refractivity contribution is -0.137. The van der Waals surface area contributed by atoms with Gasteiger partial charge in [-0.05, 0) is 25.0 Å². The quantitative estimate of drug-likeness (QED) is 0.760. The van der Waals surface area contributed by atoms with Crippen molar-refractivity contribution in [2.75, 3.05) is 12.3 Å². The first-order valence-electron chi connectivity index (χ1n) is 5.47. The Bertz CT molecular complexity index is 455. The maximum Gasteiger partial charge on any atom is 0.323 e. The van der Waals surface area contributed by atoms with Crippen LogP contribution in [-0.2, 0) is 4.79 Å². The third-order valence-corrected chi connectivity index (χ3v) is 2.75. The van der Waals surface area contributed by atoms with Gasteiger partial charge in [-0.1, -0.05) is 12.1 Å². The molecule has 1 amide bonds. The highest BCUT2D eigenvalue weighted by Crippen LogP contribution is 2.28. The molecule has 1 saturated carbocycles. The molecular weight excluding hydrogens is 220 g/mol. The van der Waals surface area contributed by atoms with Crippen molar-refractivity contribution in [3.63, 3.8) is 0 Å². The smallest absolute Gasteiger partial charge is 0.323 e. The first-order valence-corrected chi connectivity index (χ1v) is 5.47. The molecule has 5 heteroatoms. The van der Waals surface area contributed by atoms with Gasteiger partial charge in [0.1, 0.15) is 6.54 Å². The number of amides is 1. The van der Waals surface area contributed by atoms with E-state index in [9.17, 15) is 9.59 Å². The summed E-state index contributed by atoms with van der Waals surface area (Å²) in [6.45, 7) is -0.266. The number of carbonyl (C=O) groups is 2. The maximum absolute atomic E-state index is 12.2. The van der Waals surface area contributed by atoms with Gasteiger partial charge in [-0.3, -0.25) is 9.59 Å². The molecule has 0 aromatic heterocycles. The normalized spacial score (nSPS) is 14.4. The molecule has 5 nitrogen and oxygen atoms in total. The Balaban J connectivity index is 2.22. The lowest BCUT2D eigenvalue weighted by Gasteiger charge is -2.20. The summed E-state index contributed by atoms with van der Waals surface area (Å²) in [5.41, 5.74) is 6.47. The number of carbonyl (C=O) groups excluding carboxylic acids is 1. The van der Waals surface area contributed by atoms with Crippen LogP contribution in [-0.4, -0.2) is 34.5 Å². The Labute approximate surface area is 98.8 Å². The first-order chi connectivity index (χ1) is 8.09. The largest absolute Gasteiger partial charge is 0.480 e. The van der Waals surface area contributed by atoms with Crippen LogP contribution in [0.3, 0.4) is 0 Å². The summed E-state index contributed by atoms with van der Waals surface area (Å²) in [5, 5.41) is 8.80. The molecule has 90 valence electrons. The number of para-hydroxylation sites is 1. The number of carboxylic acids is 1. The fraction of sp³-hybridized carbons (Fsp3) is 0.333. The van der Waals surface area contributed by atoms with E-state index < -0.39 is 5.97 Å². The fourth-order valence-electron chi connectivity index (χ4n) is 1.75. The van der Waals surface area contributed by atoms with Crippen molar-refractivity contribution >= 4 is 17.6 Å². The second-order valence-electron chi connectivity index (χ2n) is 4.15. The number of hydrogen-bond acceptors (Lipinski definition) is 3. The average molecular weight is 234 g/mol. The van der Waals surface area contributed by atoms with E-state index in [1.807, 2.05) is 0 Å². The molecule has 0 unspecified atom stereocenters. The van der Waals surface area contributed by atoms with Gasteiger partial charge in [-0.25, -0.2) is 0 Å². The van der Waals surface area contributed by atoms with E-state index in [0.29, 0.717) is 11.3 Å². The lowest BCUT2D eigenvalue weighted by Crippen LogP contribution is -2.37. The SMILES string of the molecule is Nc1ccccc1C(=O)N(CC(=O)O)C1CC1. The molecule has 0 atom stereocenters. The van der Waals surface area contributed by atoms with Gasteiger partial charge in [-0.15, -0.1) is 0 Å². The average Bonchev–Trinajstić information content (AvgIpc) is 3.09. The van der Waals surface area contributed by atoms with Crippen LogP contribution in [0.4, 0.5) is 5.69 Å². The Kier molecular flexibility index (Phi) is 2.99. The minimum Gasteiger partial charge on any atom is -0.480 e. The van der Waals surface area contributed by atoms with Crippen molar-refractivity contribution in [3.8, 4) is 0 Å². The zero-order valence-corrected chi connectivity index (χ0v) is 9.30. The summed E-state index contributed by atoms with van der Waals surface area (Å²) in [6, 6.07) is 6.77. The van der Waals surface area contributed by atoms with Crippen molar-refractivity contribution in [1.29, 1.82) is 0 Å². The molecule has 0 spiro atoms. The number of benzene rings is 1. The molecule has 3 N–H and O–H groups in total. The predicted octanol–water partition coefficient (Wildman–Crippen LogP) is 0.958. The van der Waals surface area contributed by atoms with Crippen LogP contribution in [0.2, 0.25) is 0 Å². The maximum atomic E-state index is 12.2. The van der Waals surface area contributed by atoms with Crippen LogP contribution in [0.15, 0.2) is 24.3 Å². The molecule has 0 heterocycles. The molecule has 0 radical (unpaired) electrons. The predicted molar refractivity (Wildman–Crippen MR) is 62.5 cm³/mol. The number of carboxylic acid groups (broad SMARTS) is 1. The fourth-order valence-corrected chi connectivity index (χ4v) is 1.75. The van der Waals surface area contributed by atoms with Crippen molar-refractivity contribution in [1.82, 2.24) is 4.90 Å². The highest BCUT2D eigenvalue weighted by atomic mass is 16.4. The van der Waals surface area contributed by atoms with Gasteiger partial charge in [-0.2, -0.15) is 0 Å². The van der Waals surface area contributed by atoms with Crippen molar-refractivity contribution < 1.29 is 14.7 Å². The van der Waals surface area contributed by atoms with Gasteiger partial charge < -0.3 is 15.7 Å². The first kappa shape index (κ1) is 11.4. The topological polar surface area (TPSA) is 83.6 Å². The van der Waals surface area contributed by atoms with Crippen LogP contribution < -0.4 is 5.73 Å². The Morgan fingerprint density at radius 3 is 2.53 bits per heavy atom. The zero-order valence-electron chi connectivity index (χ0n) is 9.30. The van der Waals surface area contributed by atoms with E-state index in [2.05, 4.69) is 0 Å².